The summed E-state index contributed by atoms with van der Waals surface area (Å²) in [7, 11) is 0. The first-order valence-corrected chi connectivity index (χ1v) is 9.14. The van der Waals surface area contributed by atoms with E-state index in [1.165, 1.54) is 0 Å². The highest BCUT2D eigenvalue weighted by molar-refractivity contribution is 5.99. The summed E-state index contributed by atoms with van der Waals surface area (Å²) in [5.41, 5.74) is 5.17. The third-order valence-electron chi connectivity index (χ3n) is 4.06. The van der Waals surface area contributed by atoms with Crippen LogP contribution in [0.1, 0.15) is 5.56 Å². The molecule has 1 N–H and O–H groups in total. The van der Waals surface area contributed by atoms with Gasteiger partial charge in [-0.1, -0.05) is 24.3 Å². The first-order valence-electron chi connectivity index (χ1n) is 9.14. The maximum absolute atomic E-state index is 5.84. The van der Waals surface area contributed by atoms with Crippen LogP contribution < -0.4 is 14.9 Å². The van der Waals surface area contributed by atoms with Gasteiger partial charge in [0.25, 0.3) is 0 Å². The number of amidine groups is 1. The van der Waals surface area contributed by atoms with Gasteiger partial charge in [-0.05, 0) is 48.6 Å². The van der Waals surface area contributed by atoms with Gasteiger partial charge in [0.2, 0.25) is 5.84 Å². The largest absolute Gasteiger partial charge is 0.487 e. The number of nitrogens with one attached hydrogen (secondary N) is 1. The molecule has 7 heteroatoms. The molecule has 0 saturated carbocycles. The summed E-state index contributed by atoms with van der Waals surface area (Å²) in [4.78, 5) is 4.05. The minimum absolute atomic E-state index is 0.404. The Hall–Kier alpha value is -4.00. The number of pyridine rings is 1. The van der Waals surface area contributed by atoms with Gasteiger partial charge in [-0.3, -0.25) is 10.4 Å². The molecule has 2 heterocycles. The molecule has 2 aromatic carbocycles. The van der Waals surface area contributed by atoms with Gasteiger partial charge in [0.1, 0.15) is 30.4 Å². The quantitative estimate of drug-likeness (QED) is 0.600. The summed E-state index contributed by atoms with van der Waals surface area (Å²) >= 11 is 0. The molecule has 1 aliphatic rings. The molecular weight excluding hydrogens is 366 g/mol. The number of nitrogens with zero attached hydrogens (tertiary/aromatic N) is 4. The van der Waals surface area contributed by atoms with Gasteiger partial charge in [-0.25, -0.2) is 0 Å². The lowest BCUT2D eigenvalue weighted by Gasteiger charge is -2.09. The number of hydrogen-bond donors (Lipinski definition) is 1. The van der Waals surface area contributed by atoms with Crippen LogP contribution in [0.25, 0.3) is 0 Å². The van der Waals surface area contributed by atoms with E-state index in [4.69, 9.17) is 9.47 Å². The van der Waals surface area contributed by atoms with Crippen molar-refractivity contribution in [1.82, 2.24) is 4.98 Å². The number of ether oxygens (including phenoxy) is 2. The maximum Gasteiger partial charge on any atom is 0.201 e. The standard InChI is InChI=1S/C22H19N5O2/c1-3-9-20-18(7-1)24-26-22(17-11-13-23-14-12-17)27-25-19-8-2-4-10-21(19)29-16-6-5-15-28-20/h1-14,24H,15-16H2/b6-5-,26-22-,27-25?. The Morgan fingerprint density at radius 3 is 2.24 bits per heavy atom. The highest BCUT2D eigenvalue weighted by atomic mass is 16.5. The summed E-state index contributed by atoms with van der Waals surface area (Å²) < 4.78 is 11.6. The normalized spacial score (nSPS) is 16.9. The van der Waals surface area contributed by atoms with Crippen molar-refractivity contribution in [2.45, 2.75) is 0 Å². The van der Waals surface area contributed by atoms with E-state index in [2.05, 4.69) is 25.7 Å². The van der Waals surface area contributed by atoms with Gasteiger partial charge in [0.15, 0.2) is 0 Å². The second-order valence-corrected chi connectivity index (χ2v) is 6.04. The number of para-hydroxylation sites is 3. The van der Waals surface area contributed by atoms with Gasteiger partial charge in [-0.2, -0.15) is 5.10 Å². The van der Waals surface area contributed by atoms with Crippen molar-refractivity contribution in [2.24, 2.45) is 15.3 Å². The Morgan fingerprint density at radius 1 is 0.724 bits per heavy atom. The van der Waals surface area contributed by atoms with Crippen LogP contribution in [-0.4, -0.2) is 24.0 Å². The molecule has 0 bridgehead atoms. The predicted octanol–water partition coefficient (Wildman–Crippen LogP) is 4.97. The van der Waals surface area contributed by atoms with E-state index in [1.807, 2.05) is 72.8 Å². The van der Waals surface area contributed by atoms with E-state index in [0.29, 0.717) is 36.2 Å². The van der Waals surface area contributed by atoms with Crippen molar-refractivity contribution in [2.75, 3.05) is 18.6 Å². The fourth-order valence-corrected chi connectivity index (χ4v) is 2.62. The van der Waals surface area contributed by atoms with Crippen LogP contribution in [0.4, 0.5) is 11.4 Å². The molecule has 0 amide bonds. The zero-order valence-electron chi connectivity index (χ0n) is 15.6. The van der Waals surface area contributed by atoms with Crippen LogP contribution in [0, 0.1) is 0 Å². The summed E-state index contributed by atoms with van der Waals surface area (Å²) in [6.07, 6.45) is 7.18. The Labute approximate surface area is 168 Å². The highest BCUT2D eigenvalue weighted by Gasteiger charge is 2.07. The smallest absolute Gasteiger partial charge is 0.201 e. The van der Waals surface area contributed by atoms with Crippen molar-refractivity contribution >= 4 is 17.2 Å². The first-order chi connectivity index (χ1) is 14.4. The Bertz CT molecular complexity index is 1050. The third-order valence-corrected chi connectivity index (χ3v) is 4.06. The molecule has 0 unspecified atom stereocenters. The van der Waals surface area contributed by atoms with Crippen molar-refractivity contribution in [3.63, 3.8) is 0 Å². The van der Waals surface area contributed by atoms with E-state index >= 15 is 0 Å². The van der Waals surface area contributed by atoms with Gasteiger partial charge in [-0.15, -0.1) is 10.2 Å². The number of hydrazone groups is 1. The zero-order chi connectivity index (χ0) is 19.7. The van der Waals surface area contributed by atoms with Crippen LogP contribution in [-0.2, 0) is 0 Å². The molecule has 1 aliphatic heterocycles. The molecular formula is C22H19N5O2. The summed E-state index contributed by atoms with van der Waals surface area (Å²) in [5, 5.41) is 13.2. The summed E-state index contributed by atoms with van der Waals surface area (Å²) in [6.45, 7) is 0.820. The van der Waals surface area contributed by atoms with Crippen LogP contribution in [0.2, 0.25) is 0 Å². The Balaban J connectivity index is 1.75. The fraction of sp³-hybridized carbons (Fsp3) is 0.0909. The molecule has 1 aromatic heterocycles. The maximum atomic E-state index is 5.84. The molecule has 0 radical (unpaired) electrons. The first kappa shape index (κ1) is 18.4. The Morgan fingerprint density at radius 2 is 1.41 bits per heavy atom. The summed E-state index contributed by atoms with van der Waals surface area (Å²) in [5.74, 6) is 1.73. The van der Waals surface area contributed by atoms with E-state index in [-0.39, 0.29) is 0 Å². The average molecular weight is 385 g/mol. The summed E-state index contributed by atoms with van der Waals surface area (Å²) in [6, 6.07) is 18.7. The molecule has 144 valence electrons. The lowest BCUT2D eigenvalue weighted by atomic mass is 10.2. The van der Waals surface area contributed by atoms with Gasteiger partial charge >= 0.3 is 0 Å². The molecule has 29 heavy (non-hydrogen) atoms. The number of hydrogen-bond acceptors (Lipinski definition) is 7. The molecule has 7 nitrogen and oxygen atoms in total. The molecule has 0 atom stereocenters. The predicted molar refractivity (Wildman–Crippen MR) is 112 cm³/mol. The van der Waals surface area contributed by atoms with Crippen LogP contribution in [0.15, 0.2) is 101 Å². The zero-order valence-corrected chi connectivity index (χ0v) is 15.6. The molecule has 0 fully saturated rings. The molecule has 0 spiro atoms. The SMILES string of the molecule is C1=C\COc2ccccc2N/N=C(/c2ccncc2)N=Nc2ccccc2OC/1. The van der Waals surface area contributed by atoms with Crippen molar-refractivity contribution < 1.29 is 9.47 Å². The van der Waals surface area contributed by atoms with Crippen LogP contribution in [0.5, 0.6) is 11.5 Å². The fourth-order valence-electron chi connectivity index (χ4n) is 2.62. The number of benzene rings is 2. The van der Waals surface area contributed by atoms with Crippen LogP contribution >= 0.6 is 0 Å². The number of anilines is 1. The van der Waals surface area contributed by atoms with E-state index < -0.39 is 0 Å². The van der Waals surface area contributed by atoms with Crippen LogP contribution in [0.3, 0.4) is 0 Å². The monoisotopic (exact) mass is 385 g/mol. The number of aromatic nitrogens is 1. The lowest BCUT2D eigenvalue weighted by Crippen LogP contribution is -2.03. The second-order valence-electron chi connectivity index (χ2n) is 6.04. The van der Waals surface area contributed by atoms with E-state index in [0.717, 1.165) is 11.3 Å². The lowest BCUT2D eigenvalue weighted by molar-refractivity contribution is 0.351. The number of rotatable bonds is 1. The molecule has 0 saturated heterocycles. The Kier molecular flexibility index (Phi) is 5.87. The van der Waals surface area contributed by atoms with Gasteiger partial charge in [0, 0.05) is 18.0 Å². The number of fused-ring (bicyclic) bond motifs is 2. The molecule has 0 aliphatic carbocycles. The minimum atomic E-state index is 0.404. The second kappa shape index (κ2) is 9.27. The van der Waals surface area contributed by atoms with Crippen molar-refractivity contribution in [3.05, 3.63) is 90.8 Å². The number of azo groups is 1. The van der Waals surface area contributed by atoms with E-state index in [9.17, 15) is 0 Å². The van der Waals surface area contributed by atoms with Crippen molar-refractivity contribution in [1.29, 1.82) is 0 Å². The topological polar surface area (TPSA) is 80.5 Å². The van der Waals surface area contributed by atoms with Crippen molar-refractivity contribution in [3.8, 4) is 11.5 Å². The third kappa shape index (κ3) is 4.84. The highest BCUT2D eigenvalue weighted by Crippen LogP contribution is 2.28. The minimum Gasteiger partial charge on any atom is -0.487 e. The molecule has 4 rings (SSSR count). The van der Waals surface area contributed by atoms with Gasteiger partial charge < -0.3 is 9.47 Å². The molecule has 3 aromatic rings. The van der Waals surface area contributed by atoms with E-state index in [1.54, 1.807) is 12.4 Å². The van der Waals surface area contributed by atoms with Gasteiger partial charge in [0.05, 0.1) is 5.69 Å². The average Bonchev–Trinajstić information content (AvgIpc) is 2.78.